The molecule has 16 heavy (non-hydrogen) atoms. The highest BCUT2D eigenvalue weighted by atomic mass is 16.2. The van der Waals surface area contributed by atoms with Crippen molar-refractivity contribution in [1.29, 1.82) is 0 Å². The first kappa shape index (κ1) is 12.2. The summed E-state index contributed by atoms with van der Waals surface area (Å²) in [4.78, 5) is 23.9. The van der Waals surface area contributed by atoms with Crippen LogP contribution in [0.4, 0.5) is 0 Å². The normalized spacial score (nSPS) is 11.0. The van der Waals surface area contributed by atoms with Crippen LogP contribution in [0.5, 0.6) is 0 Å². The van der Waals surface area contributed by atoms with Gasteiger partial charge in [-0.1, -0.05) is 30.3 Å². The molecule has 3 heteroatoms. The monoisotopic (exact) mass is 216 g/mol. The van der Waals surface area contributed by atoms with Crippen molar-refractivity contribution in [2.24, 2.45) is 0 Å². The van der Waals surface area contributed by atoms with Gasteiger partial charge < -0.3 is 4.90 Å². The minimum Gasteiger partial charge on any atom is -0.342 e. The van der Waals surface area contributed by atoms with Gasteiger partial charge in [0, 0.05) is 13.6 Å². The molecule has 0 saturated carbocycles. The SMILES string of the molecule is CCN(C)C(=O)C([C]=O)=Cc1ccccc1. The second-order valence-electron chi connectivity index (χ2n) is 3.39. The molecule has 1 aromatic carbocycles. The van der Waals surface area contributed by atoms with Gasteiger partial charge in [0.15, 0.2) is 0 Å². The lowest BCUT2D eigenvalue weighted by molar-refractivity contribution is -0.125. The van der Waals surface area contributed by atoms with Crippen molar-refractivity contribution in [3.05, 3.63) is 41.5 Å². The van der Waals surface area contributed by atoms with E-state index in [4.69, 9.17) is 0 Å². The maximum Gasteiger partial charge on any atom is 0.257 e. The van der Waals surface area contributed by atoms with E-state index in [1.165, 1.54) is 4.90 Å². The molecule has 3 nitrogen and oxygen atoms in total. The summed E-state index contributed by atoms with van der Waals surface area (Å²) in [5.74, 6) is -0.304. The average Bonchev–Trinajstić information content (AvgIpc) is 2.35. The lowest BCUT2D eigenvalue weighted by Gasteiger charge is -2.13. The minimum atomic E-state index is -0.304. The molecule has 0 fully saturated rings. The number of carbonyl (C=O) groups excluding carboxylic acids is 2. The van der Waals surface area contributed by atoms with E-state index >= 15 is 0 Å². The predicted molar refractivity (Wildman–Crippen MR) is 63.4 cm³/mol. The number of amides is 1. The first-order valence-corrected chi connectivity index (χ1v) is 5.09. The Kier molecular flexibility index (Phi) is 4.45. The summed E-state index contributed by atoms with van der Waals surface area (Å²) >= 11 is 0. The molecule has 0 unspecified atom stereocenters. The Morgan fingerprint density at radius 1 is 1.38 bits per heavy atom. The molecule has 0 saturated heterocycles. The second kappa shape index (κ2) is 5.85. The van der Waals surface area contributed by atoms with Crippen molar-refractivity contribution in [2.75, 3.05) is 13.6 Å². The van der Waals surface area contributed by atoms with Gasteiger partial charge in [0.25, 0.3) is 5.91 Å². The van der Waals surface area contributed by atoms with E-state index in [9.17, 15) is 9.59 Å². The highest BCUT2D eigenvalue weighted by Gasteiger charge is 2.13. The van der Waals surface area contributed by atoms with Crippen molar-refractivity contribution in [3.63, 3.8) is 0 Å². The molecule has 0 bridgehead atoms. The standard InChI is InChI=1S/C13H14NO2/c1-3-14(2)13(16)12(10-15)9-11-7-5-4-6-8-11/h4-9H,3H2,1-2H3. The van der Waals surface area contributed by atoms with E-state index in [2.05, 4.69) is 0 Å². The van der Waals surface area contributed by atoms with Crippen LogP contribution in [-0.2, 0) is 9.59 Å². The third kappa shape index (κ3) is 3.05. The zero-order valence-corrected chi connectivity index (χ0v) is 9.43. The molecular formula is C13H14NO2. The Balaban J connectivity index is 2.95. The second-order valence-corrected chi connectivity index (χ2v) is 3.39. The highest BCUT2D eigenvalue weighted by molar-refractivity contribution is 6.14. The third-order valence-electron chi connectivity index (χ3n) is 2.27. The molecule has 1 amide bonds. The summed E-state index contributed by atoms with van der Waals surface area (Å²) in [7, 11) is 1.65. The number of hydrogen-bond acceptors (Lipinski definition) is 2. The first-order chi connectivity index (χ1) is 7.69. The zero-order chi connectivity index (χ0) is 12.0. The highest BCUT2D eigenvalue weighted by Crippen LogP contribution is 2.07. The molecule has 0 atom stereocenters. The summed E-state index contributed by atoms with van der Waals surface area (Å²) in [6.45, 7) is 2.41. The molecule has 0 aliphatic rings. The Hall–Kier alpha value is -1.90. The van der Waals surface area contributed by atoms with Gasteiger partial charge in [0.05, 0.1) is 5.57 Å². The van der Waals surface area contributed by atoms with Gasteiger partial charge in [0.2, 0.25) is 6.29 Å². The summed E-state index contributed by atoms with van der Waals surface area (Å²) in [5.41, 5.74) is 0.870. The number of hydrogen-bond donors (Lipinski definition) is 0. The van der Waals surface area contributed by atoms with Crippen molar-refractivity contribution >= 4 is 18.3 Å². The minimum absolute atomic E-state index is 0.0514. The fourth-order valence-corrected chi connectivity index (χ4v) is 1.20. The van der Waals surface area contributed by atoms with Gasteiger partial charge >= 0.3 is 0 Å². The quantitative estimate of drug-likeness (QED) is 0.436. The lowest BCUT2D eigenvalue weighted by Crippen LogP contribution is -2.28. The zero-order valence-electron chi connectivity index (χ0n) is 9.43. The molecule has 0 spiro atoms. The molecule has 0 aliphatic heterocycles. The fourth-order valence-electron chi connectivity index (χ4n) is 1.20. The molecule has 0 aromatic heterocycles. The van der Waals surface area contributed by atoms with Gasteiger partial charge in [-0.15, -0.1) is 0 Å². The van der Waals surface area contributed by atoms with Gasteiger partial charge in [-0.2, -0.15) is 0 Å². The summed E-state index contributed by atoms with van der Waals surface area (Å²) in [6.07, 6.45) is 3.23. The van der Waals surface area contributed by atoms with Crippen LogP contribution >= 0.6 is 0 Å². The Morgan fingerprint density at radius 2 is 2.00 bits per heavy atom. The molecular weight excluding hydrogens is 202 g/mol. The lowest BCUT2D eigenvalue weighted by atomic mass is 10.1. The molecule has 0 aliphatic carbocycles. The van der Waals surface area contributed by atoms with Crippen LogP contribution < -0.4 is 0 Å². The van der Waals surface area contributed by atoms with Crippen LogP contribution in [0.3, 0.4) is 0 Å². The fraction of sp³-hybridized carbons (Fsp3) is 0.231. The van der Waals surface area contributed by atoms with Crippen molar-refractivity contribution in [1.82, 2.24) is 4.90 Å². The molecule has 1 rings (SSSR count). The molecule has 0 N–H and O–H groups in total. The van der Waals surface area contributed by atoms with Gasteiger partial charge in [0.1, 0.15) is 0 Å². The third-order valence-corrected chi connectivity index (χ3v) is 2.27. The van der Waals surface area contributed by atoms with Crippen LogP contribution in [0.1, 0.15) is 12.5 Å². The molecule has 0 heterocycles. The van der Waals surface area contributed by atoms with Crippen molar-refractivity contribution < 1.29 is 9.59 Å². The van der Waals surface area contributed by atoms with Crippen LogP contribution in [0, 0.1) is 0 Å². The van der Waals surface area contributed by atoms with Gasteiger partial charge in [-0.3, -0.25) is 9.59 Å². The number of rotatable bonds is 4. The molecule has 1 radical (unpaired) electrons. The topological polar surface area (TPSA) is 37.4 Å². The van der Waals surface area contributed by atoms with E-state index in [-0.39, 0.29) is 11.5 Å². The molecule has 83 valence electrons. The Labute approximate surface area is 95.4 Å². The van der Waals surface area contributed by atoms with E-state index in [0.717, 1.165) is 5.56 Å². The largest absolute Gasteiger partial charge is 0.342 e. The Bertz CT molecular complexity index is 396. The number of carbonyl (C=O) groups is 1. The van der Waals surface area contributed by atoms with Crippen molar-refractivity contribution in [2.45, 2.75) is 6.92 Å². The number of nitrogens with zero attached hydrogens (tertiary/aromatic N) is 1. The Morgan fingerprint density at radius 3 is 2.50 bits per heavy atom. The summed E-state index contributed by atoms with van der Waals surface area (Å²) < 4.78 is 0. The van der Waals surface area contributed by atoms with E-state index in [1.54, 1.807) is 19.4 Å². The average molecular weight is 216 g/mol. The first-order valence-electron chi connectivity index (χ1n) is 5.09. The summed E-state index contributed by atoms with van der Waals surface area (Å²) in [6, 6.07) is 9.24. The van der Waals surface area contributed by atoms with E-state index < -0.39 is 0 Å². The number of likely N-dealkylation sites (N-methyl/N-ethyl adjacent to an activating group) is 1. The van der Waals surface area contributed by atoms with E-state index in [0.29, 0.717) is 6.54 Å². The van der Waals surface area contributed by atoms with Crippen molar-refractivity contribution in [3.8, 4) is 0 Å². The molecule has 1 aromatic rings. The van der Waals surface area contributed by atoms with Crippen LogP contribution in [0.25, 0.3) is 6.08 Å². The maximum atomic E-state index is 11.7. The summed E-state index contributed by atoms with van der Waals surface area (Å²) in [5, 5.41) is 0. The maximum absolute atomic E-state index is 11.7. The van der Waals surface area contributed by atoms with Gasteiger partial charge in [-0.05, 0) is 18.6 Å². The van der Waals surface area contributed by atoms with Crippen LogP contribution in [0.2, 0.25) is 0 Å². The van der Waals surface area contributed by atoms with Crippen LogP contribution in [0.15, 0.2) is 35.9 Å². The van der Waals surface area contributed by atoms with Gasteiger partial charge in [-0.25, -0.2) is 0 Å². The van der Waals surface area contributed by atoms with Crippen LogP contribution in [-0.4, -0.2) is 30.7 Å². The smallest absolute Gasteiger partial charge is 0.257 e. The number of benzene rings is 1. The van der Waals surface area contributed by atoms with E-state index in [1.807, 2.05) is 37.3 Å². The predicted octanol–water partition coefficient (Wildman–Crippen LogP) is 1.66.